The summed E-state index contributed by atoms with van der Waals surface area (Å²) in [7, 11) is 0. The number of aliphatic hydroxyl groups excluding tert-OH is 1. The highest BCUT2D eigenvalue weighted by Gasteiger charge is 2.09. The van der Waals surface area contributed by atoms with Crippen molar-refractivity contribution in [2.75, 3.05) is 13.2 Å². The average Bonchev–Trinajstić information content (AvgIpc) is 2.43. The van der Waals surface area contributed by atoms with Crippen LogP contribution >= 0.6 is 0 Å². The minimum absolute atomic E-state index is 0.0747. The number of nitrogens with zero attached hydrogens (tertiary/aromatic N) is 1. The first-order chi connectivity index (χ1) is 9.17. The molecule has 1 aromatic rings. The van der Waals surface area contributed by atoms with Crippen molar-refractivity contribution in [2.45, 2.75) is 38.8 Å². The molecule has 0 aromatic heterocycles. The number of rotatable bonds is 8. The molecule has 4 heteroatoms. The van der Waals surface area contributed by atoms with Gasteiger partial charge in [0.05, 0.1) is 0 Å². The van der Waals surface area contributed by atoms with E-state index < -0.39 is 0 Å². The van der Waals surface area contributed by atoms with Crippen LogP contribution in [0.2, 0.25) is 0 Å². The lowest BCUT2D eigenvalue weighted by Crippen LogP contribution is -2.29. The topological polar surface area (TPSA) is 65.3 Å². The third kappa shape index (κ3) is 5.73. The monoisotopic (exact) mass is 262 g/mol. The Morgan fingerprint density at radius 1 is 1.32 bits per heavy atom. The fraction of sp³-hybridized carbons (Fsp3) is 0.533. The molecule has 4 nitrogen and oxygen atoms in total. The van der Waals surface area contributed by atoms with Gasteiger partial charge in [0, 0.05) is 18.7 Å². The van der Waals surface area contributed by atoms with Crippen LogP contribution in [-0.4, -0.2) is 24.4 Å². The van der Waals surface area contributed by atoms with E-state index in [1.165, 1.54) is 5.56 Å². The molecule has 1 aromatic carbocycles. The number of hydrogen-bond donors (Lipinski definition) is 2. The molecule has 104 valence electrons. The van der Waals surface area contributed by atoms with Crippen molar-refractivity contribution in [3.05, 3.63) is 29.8 Å². The first-order valence-electron chi connectivity index (χ1n) is 6.64. The quantitative estimate of drug-likeness (QED) is 0.755. The highest BCUT2D eigenvalue weighted by molar-refractivity contribution is 5.29. The number of nitriles is 1. The van der Waals surface area contributed by atoms with Crippen LogP contribution in [0.1, 0.15) is 38.3 Å². The maximum absolute atomic E-state index is 8.80. The molecule has 0 saturated heterocycles. The normalized spacial score (nSPS) is 13.6. The average molecular weight is 262 g/mol. The molecule has 0 saturated carbocycles. The predicted octanol–water partition coefficient (Wildman–Crippen LogP) is 2.40. The molecule has 0 radical (unpaired) electrons. The van der Waals surface area contributed by atoms with E-state index in [0.29, 0.717) is 11.8 Å². The minimum atomic E-state index is 0.0747. The molecule has 0 fully saturated rings. The van der Waals surface area contributed by atoms with Crippen molar-refractivity contribution < 1.29 is 9.84 Å². The molecule has 2 N–H and O–H groups in total. The molecular weight excluding hydrogens is 240 g/mol. The summed E-state index contributed by atoms with van der Waals surface area (Å²) >= 11 is 0. The summed E-state index contributed by atoms with van der Waals surface area (Å²) in [5.74, 6) is 0.714. The maximum atomic E-state index is 8.80. The van der Waals surface area contributed by atoms with Crippen molar-refractivity contribution in [2.24, 2.45) is 0 Å². The second-order valence-corrected chi connectivity index (χ2v) is 4.67. The summed E-state index contributed by atoms with van der Waals surface area (Å²) in [6.45, 7) is 4.55. The van der Waals surface area contributed by atoms with Gasteiger partial charge in [0.25, 0.3) is 0 Å². The van der Waals surface area contributed by atoms with Gasteiger partial charge in [-0.25, -0.2) is 0 Å². The minimum Gasteiger partial charge on any atom is -0.479 e. The zero-order chi connectivity index (χ0) is 14.1. The Kier molecular flexibility index (Phi) is 6.94. The molecule has 19 heavy (non-hydrogen) atoms. The van der Waals surface area contributed by atoms with Gasteiger partial charge in [0.15, 0.2) is 6.61 Å². The maximum Gasteiger partial charge on any atom is 0.174 e. The van der Waals surface area contributed by atoms with Crippen LogP contribution in [-0.2, 0) is 0 Å². The molecule has 2 unspecified atom stereocenters. The Bertz CT molecular complexity index is 398. The van der Waals surface area contributed by atoms with Gasteiger partial charge in [-0.05, 0) is 44.4 Å². The predicted molar refractivity (Wildman–Crippen MR) is 74.9 cm³/mol. The van der Waals surface area contributed by atoms with E-state index in [-0.39, 0.29) is 19.3 Å². The van der Waals surface area contributed by atoms with Gasteiger partial charge in [-0.2, -0.15) is 5.26 Å². The summed E-state index contributed by atoms with van der Waals surface area (Å²) in [6, 6.07) is 10.3. The lowest BCUT2D eigenvalue weighted by molar-refractivity contribution is 0.274. The third-order valence-electron chi connectivity index (χ3n) is 3.01. The molecule has 2 atom stereocenters. The number of ether oxygens (including phenoxy) is 1. The van der Waals surface area contributed by atoms with Crippen molar-refractivity contribution in [1.82, 2.24) is 5.32 Å². The van der Waals surface area contributed by atoms with Crippen LogP contribution in [0.5, 0.6) is 5.75 Å². The van der Waals surface area contributed by atoms with Gasteiger partial charge in [0.2, 0.25) is 0 Å². The molecule has 0 aliphatic carbocycles. The van der Waals surface area contributed by atoms with E-state index in [4.69, 9.17) is 15.1 Å². The standard InChI is InChI=1S/C15H22N2O2/c1-12(4-3-10-18)17-13(2)14-5-7-15(8-6-14)19-11-9-16/h5-8,12-13,17-18H,3-4,10-11H2,1-2H3. The first kappa shape index (κ1) is 15.5. The summed E-state index contributed by atoms with van der Waals surface area (Å²) in [4.78, 5) is 0. The summed E-state index contributed by atoms with van der Waals surface area (Å²) < 4.78 is 5.21. The number of nitrogens with one attached hydrogen (secondary N) is 1. The molecule has 0 aliphatic heterocycles. The highest BCUT2D eigenvalue weighted by atomic mass is 16.5. The zero-order valence-electron chi connectivity index (χ0n) is 11.6. The van der Waals surface area contributed by atoms with Gasteiger partial charge in [-0.3, -0.25) is 0 Å². The summed E-state index contributed by atoms with van der Waals surface area (Å²) in [5, 5.41) is 20.7. The second kappa shape index (κ2) is 8.52. The van der Waals surface area contributed by atoms with Crippen molar-refractivity contribution >= 4 is 0 Å². The van der Waals surface area contributed by atoms with Crippen molar-refractivity contribution in [3.8, 4) is 11.8 Å². The van der Waals surface area contributed by atoms with Crippen molar-refractivity contribution in [3.63, 3.8) is 0 Å². The van der Waals surface area contributed by atoms with Crippen LogP contribution in [0, 0.1) is 11.3 Å². The Morgan fingerprint density at radius 3 is 2.58 bits per heavy atom. The zero-order valence-corrected chi connectivity index (χ0v) is 11.6. The summed E-state index contributed by atoms with van der Waals surface area (Å²) in [5.41, 5.74) is 1.18. The number of benzene rings is 1. The fourth-order valence-electron chi connectivity index (χ4n) is 1.97. The molecule has 0 aliphatic rings. The van der Waals surface area contributed by atoms with E-state index in [0.717, 1.165) is 12.8 Å². The molecule has 0 heterocycles. The largest absolute Gasteiger partial charge is 0.479 e. The SMILES string of the molecule is CC(CCCO)NC(C)c1ccc(OCC#N)cc1. The number of hydrogen-bond acceptors (Lipinski definition) is 4. The van der Waals surface area contributed by atoms with Crippen LogP contribution in [0.15, 0.2) is 24.3 Å². The van der Waals surface area contributed by atoms with Gasteiger partial charge >= 0.3 is 0 Å². The number of aliphatic hydroxyl groups is 1. The Labute approximate surface area is 115 Å². The Hall–Kier alpha value is -1.57. The lowest BCUT2D eigenvalue weighted by Gasteiger charge is -2.20. The van der Waals surface area contributed by atoms with Crippen LogP contribution < -0.4 is 10.1 Å². The lowest BCUT2D eigenvalue weighted by atomic mass is 10.1. The molecular formula is C15H22N2O2. The smallest absolute Gasteiger partial charge is 0.174 e. The summed E-state index contributed by atoms with van der Waals surface area (Å²) in [6.07, 6.45) is 1.78. The van der Waals surface area contributed by atoms with Crippen LogP contribution in [0.25, 0.3) is 0 Å². The molecule has 0 amide bonds. The van der Waals surface area contributed by atoms with Crippen LogP contribution in [0.3, 0.4) is 0 Å². The molecule has 0 spiro atoms. The third-order valence-corrected chi connectivity index (χ3v) is 3.01. The van der Waals surface area contributed by atoms with E-state index in [1.807, 2.05) is 30.3 Å². The van der Waals surface area contributed by atoms with Gasteiger partial charge in [-0.1, -0.05) is 12.1 Å². The van der Waals surface area contributed by atoms with Crippen molar-refractivity contribution in [1.29, 1.82) is 5.26 Å². The highest BCUT2D eigenvalue weighted by Crippen LogP contribution is 2.18. The van der Waals surface area contributed by atoms with Crippen LogP contribution in [0.4, 0.5) is 0 Å². The van der Waals surface area contributed by atoms with E-state index >= 15 is 0 Å². The Balaban J connectivity index is 2.48. The van der Waals surface area contributed by atoms with Gasteiger partial charge in [-0.15, -0.1) is 0 Å². The fourth-order valence-corrected chi connectivity index (χ4v) is 1.97. The molecule has 1 rings (SSSR count). The molecule has 0 bridgehead atoms. The Morgan fingerprint density at radius 2 is 2.00 bits per heavy atom. The van der Waals surface area contributed by atoms with E-state index in [1.54, 1.807) is 0 Å². The van der Waals surface area contributed by atoms with Gasteiger partial charge in [0.1, 0.15) is 11.8 Å². The first-order valence-corrected chi connectivity index (χ1v) is 6.64. The second-order valence-electron chi connectivity index (χ2n) is 4.67. The van der Waals surface area contributed by atoms with Gasteiger partial charge < -0.3 is 15.2 Å². The van der Waals surface area contributed by atoms with E-state index in [9.17, 15) is 0 Å². The van der Waals surface area contributed by atoms with E-state index in [2.05, 4.69) is 19.2 Å².